The molecule has 3 rings (SSSR count). The molecule has 2 N–H and O–H groups in total. The van der Waals surface area contributed by atoms with Gasteiger partial charge in [-0.05, 0) is 66.6 Å². The van der Waals surface area contributed by atoms with Crippen LogP contribution in [-0.4, -0.2) is 58.9 Å². The molecule has 3 aromatic carbocycles. The van der Waals surface area contributed by atoms with Crippen molar-refractivity contribution in [2.75, 3.05) is 47.1 Å². The molecule has 0 aliphatic rings. The predicted molar refractivity (Wildman–Crippen MR) is 172 cm³/mol. The van der Waals surface area contributed by atoms with E-state index in [0.29, 0.717) is 91.7 Å². The molecular weight excluding hydrogens is 560 g/mol. The first-order valence-corrected chi connectivity index (χ1v) is 15.1. The molecule has 238 valence electrons. The second kappa shape index (κ2) is 17.7. The summed E-state index contributed by atoms with van der Waals surface area (Å²) in [5.74, 6) is 3.38. The van der Waals surface area contributed by atoms with Gasteiger partial charge in [0.15, 0.2) is 0 Å². The Morgan fingerprint density at radius 2 is 1.20 bits per heavy atom. The number of methoxy groups -OCH3 is 2. The maximum Gasteiger partial charge on any atom is 0.255 e. The van der Waals surface area contributed by atoms with Gasteiger partial charge in [-0.3, -0.25) is 9.59 Å². The third kappa shape index (κ3) is 11.0. The number of hydrogen-bond acceptors (Lipinski definition) is 7. The lowest BCUT2D eigenvalue weighted by Crippen LogP contribution is -2.26. The van der Waals surface area contributed by atoms with E-state index in [1.165, 1.54) is 0 Å². The highest BCUT2D eigenvalue weighted by atomic mass is 16.5. The smallest absolute Gasteiger partial charge is 0.255 e. The molecule has 0 aliphatic carbocycles. The van der Waals surface area contributed by atoms with Crippen LogP contribution in [-0.2, 0) is 6.42 Å². The largest absolute Gasteiger partial charge is 0.497 e. The molecule has 0 heterocycles. The fourth-order valence-electron chi connectivity index (χ4n) is 4.13. The quantitative estimate of drug-likeness (QED) is 0.173. The van der Waals surface area contributed by atoms with Crippen LogP contribution in [0.3, 0.4) is 0 Å². The molecule has 0 atom stereocenters. The average molecular weight is 607 g/mol. The highest BCUT2D eigenvalue weighted by molar-refractivity contribution is 5.97. The van der Waals surface area contributed by atoms with Gasteiger partial charge in [-0.25, -0.2) is 0 Å². The molecular formula is C35H46N2O7. The van der Waals surface area contributed by atoms with Crippen molar-refractivity contribution >= 4 is 11.8 Å². The molecule has 0 unspecified atom stereocenters. The van der Waals surface area contributed by atoms with E-state index >= 15 is 0 Å². The summed E-state index contributed by atoms with van der Waals surface area (Å²) in [6, 6.07) is 18.2. The van der Waals surface area contributed by atoms with Crippen LogP contribution in [0, 0.1) is 11.8 Å². The van der Waals surface area contributed by atoms with Crippen molar-refractivity contribution in [1.29, 1.82) is 0 Å². The average Bonchev–Trinajstić information content (AvgIpc) is 3.02. The summed E-state index contributed by atoms with van der Waals surface area (Å²) in [4.78, 5) is 25.5. The van der Waals surface area contributed by atoms with Crippen LogP contribution in [0.1, 0.15) is 60.4 Å². The maximum atomic E-state index is 12.8. The standard InChI is InChI=1S/C35H46N2O7/c1-24(2)22-43-29-13-15-30(32(21-29)41-6)34(38)37-18-16-26-8-10-27(11-9-26)42-19-7-17-36-35(39)31-14-12-28(40-5)20-33(31)44-23-25(3)4/h8-15,20-21,24-25H,7,16-19,22-23H2,1-6H3,(H,36,39)(H,37,38). The molecule has 0 fully saturated rings. The first-order valence-electron chi connectivity index (χ1n) is 15.1. The monoisotopic (exact) mass is 606 g/mol. The zero-order valence-electron chi connectivity index (χ0n) is 26.7. The van der Waals surface area contributed by atoms with E-state index in [-0.39, 0.29) is 11.8 Å². The number of ether oxygens (including phenoxy) is 5. The molecule has 0 radical (unpaired) electrons. The van der Waals surface area contributed by atoms with Crippen molar-refractivity contribution in [1.82, 2.24) is 10.6 Å². The van der Waals surface area contributed by atoms with Crippen molar-refractivity contribution in [2.24, 2.45) is 11.8 Å². The minimum absolute atomic E-state index is 0.199. The Morgan fingerprint density at radius 3 is 1.84 bits per heavy atom. The fourth-order valence-corrected chi connectivity index (χ4v) is 4.13. The van der Waals surface area contributed by atoms with Crippen molar-refractivity contribution in [2.45, 2.75) is 40.5 Å². The SMILES string of the molecule is COc1ccc(C(=O)NCCCOc2ccc(CCNC(=O)c3ccc(OCC(C)C)cc3OC)cc2)c(OCC(C)C)c1. The zero-order valence-corrected chi connectivity index (χ0v) is 26.7. The van der Waals surface area contributed by atoms with E-state index in [9.17, 15) is 9.59 Å². The molecule has 0 bridgehead atoms. The summed E-state index contributed by atoms with van der Waals surface area (Å²) in [7, 11) is 3.12. The molecule has 2 amide bonds. The van der Waals surface area contributed by atoms with Gasteiger partial charge in [0.2, 0.25) is 0 Å². The second-order valence-corrected chi connectivity index (χ2v) is 11.2. The Hall–Kier alpha value is -4.40. The van der Waals surface area contributed by atoms with Gasteiger partial charge < -0.3 is 34.3 Å². The van der Waals surface area contributed by atoms with Gasteiger partial charge >= 0.3 is 0 Å². The van der Waals surface area contributed by atoms with Gasteiger partial charge in [-0.1, -0.05) is 39.8 Å². The topological polar surface area (TPSA) is 104 Å². The number of nitrogens with one attached hydrogen (secondary N) is 2. The molecule has 3 aromatic rings. The van der Waals surface area contributed by atoms with Gasteiger partial charge in [0.05, 0.1) is 45.2 Å². The van der Waals surface area contributed by atoms with Crippen molar-refractivity contribution in [3.8, 4) is 28.7 Å². The normalized spacial score (nSPS) is 10.8. The molecule has 9 nitrogen and oxygen atoms in total. The fraction of sp³-hybridized carbons (Fsp3) is 0.429. The van der Waals surface area contributed by atoms with Crippen molar-refractivity contribution in [3.05, 3.63) is 77.4 Å². The summed E-state index contributed by atoms with van der Waals surface area (Å²) >= 11 is 0. The van der Waals surface area contributed by atoms with E-state index in [1.807, 2.05) is 24.3 Å². The predicted octanol–water partition coefficient (Wildman–Crippen LogP) is 5.94. The third-order valence-electron chi connectivity index (χ3n) is 6.50. The summed E-state index contributed by atoms with van der Waals surface area (Å²) in [6.07, 6.45) is 1.32. The first kappa shape index (κ1) is 34.1. The minimum atomic E-state index is -0.200. The number of hydrogen-bond donors (Lipinski definition) is 2. The number of carbonyl (C=O) groups is 2. The zero-order chi connectivity index (χ0) is 31.9. The van der Waals surface area contributed by atoms with E-state index in [1.54, 1.807) is 50.6 Å². The highest BCUT2D eigenvalue weighted by Crippen LogP contribution is 2.26. The van der Waals surface area contributed by atoms with E-state index < -0.39 is 0 Å². The second-order valence-electron chi connectivity index (χ2n) is 11.2. The summed E-state index contributed by atoms with van der Waals surface area (Å²) in [5, 5.41) is 5.89. The Kier molecular flexibility index (Phi) is 13.7. The molecule has 9 heteroatoms. The van der Waals surface area contributed by atoms with Crippen molar-refractivity contribution < 1.29 is 33.3 Å². The lowest BCUT2D eigenvalue weighted by Gasteiger charge is -2.14. The van der Waals surface area contributed by atoms with E-state index in [4.69, 9.17) is 23.7 Å². The number of benzene rings is 3. The van der Waals surface area contributed by atoms with Crippen LogP contribution >= 0.6 is 0 Å². The van der Waals surface area contributed by atoms with Gasteiger partial charge in [0.1, 0.15) is 28.7 Å². The Labute approximate surface area is 261 Å². The highest BCUT2D eigenvalue weighted by Gasteiger charge is 2.15. The van der Waals surface area contributed by atoms with Crippen LogP contribution < -0.4 is 34.3 Å². The first-order chi connectivity index (χ1) is 21.2. The lowest BCUT2D eigenvalue weighted by molar-refractivity contribution is 0.0939. The minimum Gasteiger partial charge on any atom is -0.497 e. The van der Waals surface area contributed by atoms with Gasteiger partial charge in [0.25, 0.3) is 11.8 Å². The van der Waals surface area contributed by atoms with Crippen molar-refractivity contribution in [3.63, 3.8) is 0 Å². The third-order valence-corrected chi connectivity index (χ3v) is 6.50. The van der Waals surface area contributed by atoms with E-state index in [2.05, 4.69) is 38.3 Å². The van der Waals surface area contributed by atoms with Crippen LogP contribution in [0.5, 0.6) is 28.7 Å². The number of amides is 2. The van der Waals surface area contributed by atoms with Crippen LogP contribution in [0.4, 0.5) is 0 Å². The van der Waals surface area contributed by atoms with Crippen LogP contribution in [0.15, 0.2) is 60.7 Å². The van der Waals surface area contributed by atoms with E-state index in [0.717, 1.165) is 11.3 Å². The molecule has 0 aliphatic heterocycles. The molecule has 44 heavy (non-hydrogen) atoms. The molecule has 0 saturated carbocycles. The molecule has 0 aromatic heterocycles. The van der Waals surface area contributed by atoms with Gasteiger partial charge in [-0.15, -0.1) is 0 Å². The van der Waals surface area contributed by atoms with Gasteiger partial charge in [0, 0.05) is 25.2 Å². The maximum absolute atomic E-state index is 12.8. The van der Waals surface area contributed by atoms with Crippen LogP contribution in [0.25, 0.3) is 0 Å². The summed E-state index contributed by atoms with van der Waals surface area (Å²) in [6.45, 7) is 10.8. The molecule has 0 spiro atoms. The lowest BCUT2D eigenvalue weighted by atomic mass is 10.1. The summed E-state index contributed by atoms with van der Waals surface area (Å²) < 4.78 is 28.1. The number of rotatable bonds is 18. The Bertz CT molecular complexity index is 1340. The Balaban J connectivity index is 1.39. The summed E-state index contributed by atoms with van der Waals surface area (Å²) in [5.41, 5.74) is 2.01. The molecule has 0 saturated heterocycles. The Morgan fingerprint density at radius 1 is 0.636 bits per heavy atom. The van der Waals surface area contributed by atoms with Crippen LogP contribution in [0.2, 0.25) is 0 Å². The van der Waals surface area contributed by atoms with Gasteiger partial charge in [-0.2, -0.15) is 0 Å². The number of carbonyl (C=O) groups excluding carboxylic acids is 2.